The van der Waals surface area contributed by atoms with E-state index in [1.165, 1.54) is 23.4 Å². The van der Waals surface area contributed by atoms with Gasteiger partial charge in [-0.2, -0.15) is 0 Å². The maximum atomic E-state index is 5.83. The highest BCUT2D eigenvalue weighted by Crippen LogP contribution is 2.43. The molecule has 4 nitrogen and oxygen atoms in total. The number of fused-ring (bicyclic) bond motifs is 1. The molecule has 24 heavy (non-hydrogen) atoms. The van der Waals surface area contributed by atoms with Crippen molar-refractivity contribution in [2.45, 2.75) is 45.2 Å². The first kappa shape index (κ1) is 15.9. The van der Waals surface area contributed by atoms with E-state index >= 15 is 0 Å². The molecule has 4 rings (SSSR count). The second-order valence-corrected chi connectivity index (χ2v) is 7.68. The number of benzene rings is 1. The van der Waals surface area contributed by atoms with E-state index in [0.29, 0.717) is 6.04 Å². The van der Waals surface area contributed by atoms with Gasteiger partial charge in [-0.1, -0.05) is 6.07 Å². The van der Waals surface area contributed by atoms with Gasteiger partial charge in [-0.3, -0.25) is 0 Å². The molecule has 2 atom stereocenters. The van der Waals surface area contributed by atoms with Gasteiger partial charge in [0.25, 0.3) is 0 Å². The number of rotatable bonds is 5. The number of aromatic nitrogens is 1. The average molecular weight is 344 g/mol. The Morgan fingerprint density at radius 1 is 1.21 bits per heavy atom. The van der Waals surface area contributed by atoms with Crippen molar-refractivity contribution in [2.75, 3.05) is 13.2 Å². The van der Waals surface area contributed by atoms with E-state index in [0.717, 1.165) is 42.7 Å². The van der Waals surface area contributed by atoms with Gasteiger partial charge in [0.05, 0.1) is 19.3 Å². The van der Waals surface area contributed by atoms with Crippen LogP contribution in [0, 0.1) is 12.8 Å². The van der Waals surface area contributed by atoms with Crippen molar-refractivity contribution in [3.8, 4) is 11.5 Å². The lowest BCUT2D eigenvalue weighted by atomic mass is 10.1. The maximum absolute atomic E-state index is 5.83. The smallest absolute Gasteiger partial charge is 0.161 e. The first-order chi connectivity index (χ1) is 11.7. The summed E-state index contributed by atoms with van der Waals surface area (Å²) in [6, 6.07) is 6.90. The number of hydrogen-bond donors (Lipinski definition) is 1. The average Bonchev–Trinajstić information content (AvgIpc) is 3.37. The van der Waals surface area contributed by atoms with Crippen LogP contribution in [0.25, 0.3) is 0 Å². The molecule has 1 fully saturated rings. The van der Waals surface area contributed by atoms with E-state index in [2.05, 4.69) is 36.7 Å². The van der Waals surface area contributed by atoms with Crippen molar-refractivity contribution in [2.24, 2.45) is 5.92 Å². The SMILES string of the molecule is Cc1csc(C(NC(C)c2ccc3c(c2)OCCCO3)C2CC2)n1. The van der Waals surface area contributed by atoms with Gasteiger partial charge in [-0.05, 0) is 50.3 Å². The molecule has 0 radical (unpaired) electrons. The van der Waals surface area contributed by atoms with Gasteiger partial charge in [-0.25, -0.2) is 4.98 Å². The summed E-state index contributed by atoms with van der Waals surface area (Å²) in [4.78, 5) is 4.71. The summed E-state index contributed by atoms with van der Waals surface area (Å²) in [6.45, 7) is 5.74. The normalized spacial score (nSPS) is 19.6. The van der Waals surface area contributed by atoms with Crippen molar-refractivity contribution >= 4 is 11.3 Å². The van der Waals surface area contributed by atoms with Crippen molar-refractivity contribution < 1.29 is 9.47 Å². The van der Waals surface area contributed by atoms with Crippen molar-refractivity contribution in [1.29, 1.82) is 0 Å². The van der Waals surface area contributed by atoms with E-state index in [1.807, 2.05) is 6.07 Å². The molecule has 2 heterocycles. The van der Waals surface area contributed by atoms with E-state index in [4.69, 9.17) is 14.5 Å². The van der Waals surface area contributed by atoms with Crippen molar-refractivity contribution in [3.05, 3.63) is 39.8 Å². The van der Waals surface area contributed by atoms with Crippen LogP contribution in [-0.4, -0.2) is 18.2 Å². The molecule has 5 heteroatoms. The Kier molecular flexibility index (Phi) is 4.46. The van der Waals surface area contributed by atoms with E-state index < -0.39 is 0 Å². The molecule has 0 spiro atoms. The molecule has 0 amide bonds. The summed E-state index contributed by atoms with van der Waals surface area (Å²) in [6.07, 6.45) is 3.53. The van der Waals surface area contributed by atoms with Crippen molar-refractivity contribution in [3.63, 3.8) is 0 Å². The molecule has 2 unspecified atom stereocenters. The lowest BCUT2D eigenvalue weighted by Crippen LogP contribution is -2.26. The maximum Gasteiger partial charge on any atom is 0.161 e. The Morgan fingerprint density at radius 3 is 2.71 bits per heavy atom. The first-order valence-corrected chi connectivity index (χ1v) is 9.66. The molecule has 1 aliphatic heterocycles. The Labute approximate surface area is 147 Å². The Balaban J connectivity index is 1.52. The number of ether oxygens (including phenoxy) is 2. The van der Waals surface area contributed by atoms with E-state index in [-0.39, 0.29) is 6.04 Å². The topological polar surface area (TPSA) is 43.4 Å². The highest BCUT2D eigenvalue weighted by atomic mass is 32.1. The van der Waals surface area contributed by atoms with Crippen molar-refractivity contribution in [1.82, 2.24) is 10.3 Å². The zero-order valence-corrected chi connectivity index (χ0v) is 15.1. The van der Waals surface area contributed by atoms with Crippen LogP contribution >= 0.6 is 11.3 Å². The van der Waals surface area contributed by atoms with Gasteiger partial charge >= 0.3 is 0 Å². The molecule has 128 valence electrons. The molecular weight excluding hydrogens is 320 g/mol. The predicted molar refractivity (Wildman–Crippen MR) is 95.9 cm³/mol. The molecule has 1 aromatic carbocycles. The lowest BCUT2D eigenvalue weighted by molar-refractivity contribution is 0.297. The molecule has 1 N–H and O–H groups in total. The minimum absolute atomic E-state index is 0.247. The lowest BCUT2D eigenvalue weighted by Gasteiger charge is -2.22. The van der Waals surface area contributed by atoms with Crippen LogP contribution in [0.1, 0.15) is 54.5 Å². The summed E-state index contributed by atoms with van der Waals surface area (Å²) in [5, 5.41) is 7.16. The zero-order chi connectivity index (χ0) is 16.5. The molecule has 1 saturated carbocycles. The molecule has 2 aliphatic rings. The molecule has 0 saturated heterocycles. The standard InChI is InChI=1S/C19H24N2O2S/c1-12-11-24-19(20-12)18(14-4-5-14)21-13(2)15-6-7-16-17(10-15)23-9-3-8-22-16/h6-7,10-11,13-14,18,21H,3-5,8-9H2,1-2H3. The zero-order valence-electron chi connectivity index (χ0n) is 14.2. The molecular formula is C19H24N2O2S. The fraction of sp³-hybridized carbons (Fsp3) is 0.526. The second kappa shape index (κ2) is 6.73. The summed E-state index contributed by atoms with van der Waals surface area (Å²) in [5.41, 5.74) is 2.35. The van der Waals surface area contributed by atoms with Gasteiger partial charge in [0.2, 0.25) is 0 Å². The molecule has 0 bridgehead atoms. The third-order valence-electron chi connectivity index (χ3n) is 4.70. The Bertz CT molecular complexity index is 711. The van der Waals surface area contributed by atoms with Gasteiger partial charge in [-0.15, -0.1) is 11.3 Å². The van der Waals surface area contributed by atoms with Gasteiger partial charge in [0.15, 0.2) is 11.5 Å². The quantitative estimate of drug-likeness (QED) is 0.872. The van der Waals surface area contributed by atoms with E-state index in [1.54, 1.807) is 11.3 Å². The van der Waals surface area contributed by atoms with Gasteiger partial charge < -0.3 is 14.8 Å². The highest BCUT2D eigenvalue weighted by molar-refractivity contribution is 7.09. The third-order valence-corrected chi connectivity index (χ3v) is 5.74. The Hall–Kier alpha value is -1.59. The summed E-state index contributed by atoms with van der Waals surface area (Å²) < 4.78 is 11.6. The molecule has 1 aliphatic carbocycles. The highest BCUT2D eigenvalue weighted by Gasteiger charge is 2.35. The summed E-state index contributed by atoms with van der Waals surface area (Å²) >= 11 is 1.77. The summed E-state index contributed by atoms with van der Waals surface area (Å²) in [7, 11) is 0. The van der Waals surface area contributed by atoms with Crippen LogP contribution in [-0.2, 0) is 0 Å². The van der Waals surface area contributed by atoms with Crippen LogP contribution in [0.15, 0.2) is 23.6 Å². The van der Waals surface area contributed by atoms with Crippen LogP contribution < -0.4 is 14.8 Å². The van der Waals surface area contributed by atoms with Gasteiger partial charge in [0.1, 0.15) is 5.01 Å². The third kappa shape index (κ3) is 3.42. The fourth-order valence-corrected chi connectivity index (χ4v) is 4.12. The number of nitrogens with zero attached hydrogens (tertiary/aromatic N) is 1. The van der Waals surface area contributed by atoms with Crippen LogP contribution in [0.5, 0.6) is 11.5 Å². The minimum Gasteiger partial charge on any atom is -0.490 e. The van der Waals surface area contributed by atoms with Crippen LogP contribution in [0.4, 0.5) is 0 Å². The predicted octanol–water partition coefficient (Wildman–Crippen LogP) is 4.41. The van der Waals surface area contributed by atoms with Crippen LogP contribution in [0.3, 0.4) is 0 Å². The first-order valence-electron chi connectivity index (χ1n) is 8.78. The van der Waals surface area contributed by atoms with Gasteiger partial charge in [0, 0.05) is 23.5 Å². The number of nitrogens with one attached hydrogen (secondary N) is 1. The monoisotopic (exact) mass is 344 g/mol. The molecule has 1 aromatic heterocycles. The van der Waals surface area contributed by atoms with E-state index in [9.17, 15) is 0 Å². The largest absolute Gasteiger partial charge is 0.490 e. The number of aryl methyl sites for hydroxylation is 1. The minimum atomic E-state index is 0.247. The second-order valence-electron chi connectivity index (χ2n) is 6.79. The van der Waals surface area contributed by atoms with Crippen LogP contribution in [0.2, 0.25) is 0 Å². The fourth-order valence-electron chi connectivity index (χ4n) is 3.17. The Morgan fingerprint density at radius 2 is 2.00 bits per heavy atom. The number of thiazole rings is 1. The number of hydrogen-bond acceptors (Lipinski definition) is 5. The summed E-state index contributed by atoms with van der Waals surface area (Å²) in [5.74, 6) is 2.45. The molecule has 2 aromatic rings.